The molecule has 2 aliphatic rings. The second-order valence-electron chi connectivity index (χ2n) is 6.76. The lowest BCUT2D eigenvalue weighted by Crippen LogP contribution is -2.27. The SMILES string of the molecule is CC(C)(C)OC(=O)O/C=C1/C(N2CCCC2)=Nc2ccccc21. The molecule has 0 aromatic heterocycles. The average Bonchev–Trinajstić information content (AvgIpc) is 3.10. The fourth-order valence-electron chi connectivity index (χ4n) is 2.76. The van der Waals surface area contributed by atoms with E-state index < -0.39 is 11.8 Å². The zero-order valence-electron chi connectivity index (χ0n) is 13.8. The summed E-state index contributed by atoms with van der Waals surface area (Å²) < 4.78 is 10.4. The van der Waals surface area contributed by atoms with E-state index in [-0.39, 0.29) is 0 Å². The normalized spacial score (nSPS) is 18.8. The number of carbonyl (C=O) groups is 1. The molecule has 0 unspecified atom stereocenters. The van der Waals surface area contributed by atoms with Crippen LogP contribution in [0.4, 0.5) is 10.5 Å². The van der Waals surface area contributed by atoms with Gasteiger partial charge in [-0.15, -0.1) is 0 Å². The van der Waals surface area contributed by atoms with Gasteiger partial charge in [-0.25, -0.2) is 9.79 Å². The van der Waals surface area contributed by atoms with Crippen molar-refractivity contribution in [3.05, 3.63) is 36.1 Å². The van der Waals surface area contributed by atoms with Crippen molar-refractivity contribution in [2.45, 2.75) is 39.2 Å². The van der Waals surface area contributed by atoms with Crippen LogP contribution in [0.5, 0.6) is 0 Å². The van der Waals surface area contributed by atoms with Gasteiger partial charge in [0.25, 0.3) is 0 Å². The molecular formula is C18H22N2O3. The predicted molar refractivity (Wildman–Crippen MR) is 89.6 cm³/mol. The number of hydrogen-bond acceptors (Lipinski definition) is 5. The molecule has 5 heteroatoms. The zero-order chi connectivity index (χ0) is 16.4. The number of hydrogen-bond donors (Lipinski definition) is 0. The van der Waals surface area contributed by atoms with Crippen LogP contribution in [0.1, 0.15) is 39.2 Å². The molecule has 0 aliphatic carbocycles. The molecule has 3 rings (SSSR count). The van der Waals surface area contributed by atoms with Crippen molar-refractivity contribution in [1.29, 1.82) is 0 Å². The van der Waals surface area contributed by atoms with Gasteiger partial charge in [-0.05, 0) is 39.7 Å². The molecule has 0 spiro atoms. The molecule has 2 heterocycles. The van der Waals surface area contributed by atoms with Crippen molar-refractivity contribution in [2.24, 2.45) is 4.99 Å². The molecule has 1 fully saturated rings. The van der Waals surface area contributed by atoms with E-state index in [9.17, 15) is 4.79 Å². The van der Waals surface area contributed by atoms with Crippen molar-refractivity contribution in [2.75, 3.05) is 13.1 Å². The molecule has 0 amide bonds. The van der Waals surface area contributed by atoms with E-state index in [1.165, 1.54) is 6.26 Å². The number of amidine groups is 1. The molecule has 122 valence electrons. The van der Waals surface area contributed by atoms with Crippen LogP contribution in [0.15, 0.2) is 35.5 Å². The van der Waals surface area contributed by atoms with Gasteiger partial charge in [-0.2, -0.15) is 0 Å². The van der Waals surface area contributed by atoms with Crippen LogP contribution in [0.25, 0.3) is 5.57 Å². The van der Waals surface area contributed by atoms with Gasteiger partial charge in [-0.1, -0.05) is 18.2 Å². The van der Waals surface area contributed by atoms with E-state index in [1.54, 1.807) is 0 Å². The van der Waals surface area contributed by atoms with Gasteiger partial charge >= 0.3 is 6.16 Å². The van der Waals surface area contributed by atoms with Crippen molar-refractivity contribution in [3.8, 4) is 0 Å². The summed E-state index contributed by atoms with van der Waals surface area (Å²) >= 11 is 0. The number of carbonyl (C=O) groups excluding carboxylic acids is 1. The fraction of sp³-hybridized carbons (Fsp3) is 0.444. The molecule has 0 bridgehead atoms. The van der Waals surface area contributed by atoms with E-state index in [0.717, 1.165) is 48.6 Å². The highest BCUT2D eigenvalue weighted by Crippen LogP contribution is 2.36. The van der Waals surface area contributed by atoms with Crippen LogP contribution < -0.4 is 0 Å². The van der Waals surface area contributed by atoms with Crippen LogP contribution in [0.2, 0.25) is 0 Å². The van der Waals surface area contributed by atoms with Crippen LogP contribution in [-0.4, -0.2) is 35.6 Å². The smallest absolute Gasteiger partial charge is 0.428 e. The summed E-state index contributed by atoms with van der Waals surface area (Å²) in [6, 6.07) is 7.89. The zero-order valence-corrected chi connectivity index (χ0v) is 13.8. The van der Waals surface area contributed by atoms with E-state index in [2.05, 4.69) is 4.90 Å². The monoisotopic (exact) mass is 314 g/mol. The van der Waals surface area contributed by atoms with E-state index in [4.69, 9.17) is 14.5 Å². The van der Waals surface area contributed by atoms with E-state index >= 15 is 0 Å². The van der Waals surface area contributed by atoms with Gasteiger partial charge < -0.3 is 14.4 Å². The van der Waals surface area contributed by atoms with Crippen molar-refractivity contribution in [1.82, 2.24) is 4.90 Å². The number of ether oxygens (including phenoxy) is 2. The van der Waals surface area contributed by atoms with Gasteiger partial charge in [0, 0.05) is 18.7 Å². The van der Waals surface area contributed by atoms with Gasteiger partial charge in [0.15, 0.2) is 0 Å². The number of fused-ring (bicyclic) bond motifs is 1. The lowest BCUT2D eigenvalue weighted by atomic mass is 10.1. The third kappa shape index (κ3) is 3.55. The van der Waals surface area contributed by atoms with Gasteiger partial charge in [0.1, 0.15) is 17.7 Å². The first-order chi connectivity index (χ1) is 10.9. The third-order valence-corrected chi connectivity index (χ3v) is 3.73. The molecule has 0 saturated carbocycles. The van der Waals surface area contributed by atoms with E-state index in [0.29, 0.717) is 0 Å². The summed E-state index contributed by atoms with van der Waals surface area (Å²) in [4.78, 5) is 18.8. The maximum Gasteiger partial charge on any atom is 0.513 e. The quantitative estimate of drug-likeness (QED) is 0.578. The Morgan fingerprint density at radius 1 is 1.22 bits per heavy atom. The lowest BCUT2D eigenvalue weighted by molar-refractivity contribution is 0.0113. The highest BCUT2D eigenvalue weighted by Gasteiger charge is 2.28. The minimum Gasteiger partial charge on any atom is -0.428 e. The maximum absolute atomic E-state index is 11.8. The molecule has 1 saturated heterocycles. The molecule has 0 N–H and O–H groups in total. The van der Waals surface area contributed by atoms with Crippen LogP contribution >= 0.6 is 0 Å². The molecule has 1 aromatic rings. The van der Waals surface area contributed by atoms with Crippen LogP contribution in [0, 0.1) is 0 Å². The van der Waals surface area contributed by atoms with Crippen LogP contribution in [0.3, 0.4) is 0 Å². The molecule has 5 nitrogen and oxygen atoms in total. The minimum absolute atomic E-state index is 0.574. The minimum atomic E-state index is -0.699. The van der Waals surface area contributed by atoms with E-state index in [1.807, 2.05) is 45.0 Å². The Bertz CT molecular complexity index is 665. The Kier molecular flexibility index (Phi) is 4.11. The molecule has 0 radical (unpaired) electrons. The average molecular weight is 314 g/mol. The number of rotatable bonds is 1. The highest BCUT2D eigenvalue weighted by atomic mass is 16.7. The Labute approximate surface area is 136 Å². The first kappa shape index (κ1) is 15.6. The summed E-state index contributed by atoms with van der Waals surface area (Å²) in [7, 11) is 0. The largest absolute Gasteiger partial charge is 0.513 e. The number of para-hydroxylation sites is 1. The van der Waals surface area contributed by atoms with Crippen molar-refractivity contribution in [3.63, 3.8) is 0 Å². The summed E-state index contributed by atoms with van der Waals surface area (Å²) in [5.41, 5.74) is 2.16. The molecule has 0 atom stereocenters. The first-order valence-electron chi connectivity index (χ1n) is 7.97. The second-order valence-corrected chi connectivity index (χ2v) is 6.76. The Morgan fingerprint density at radius 3 is 2.61 bits per heavy atom. The third-order valence-electron chi connectivity index (χ3n) is 3.73. The summed E-state index contributed by atoms with van der Waals surface area (Å²) in [6.07, 6.45) is 3.09. The number of benzene rings is 1. The first-order valence-corrected chi connectivity index (χ1v) is 7.97. The standard InChI is InChI=1S/C18H22N2O3/c1-18(2,3)23-17(21)22-12-14-13-8-4-5-9-15(13)19-16(14)20-10-6-7-11-20/h4-5,8-9,12H,6-7,10-11H2,1-3H3/b14-12+. The van der Waals surface area contributed by atoms with Gasteiger partial charge in [0.2, 0.25) is 0 Å². The summed E-state index contributed by atoms with van der Waals surface area (Å²) in [5.74, 6) is 0.882. The summed E-state index contributed by atoms with van der Waals surface area (Å²) in [5, 5.41) is 0. The number of likely N-dealkylation sites (tertiary alicyclic amines) is 1. The van der Waals surface area contributed by atoms with Gasteiger partial charge in [0.05, 0.1) is 11.3 Å². The van der Waals surface area contributed by atoms with Crippen molar-refractivity contribution < 1.29 is 14.3 Å². The second kappa shape index (κ2) is 6.07. The fourth-order valence-corrected chi connectivity index (χ4v) is 2.76. The predicted octanol–water partition coefficient (Wildman–Crippen LogP) is 4.12. The Morgan fingerprint density at radius 2 is 1.91 bits per heavy atom. The topological polar surface area (TPSA) is 51.1 Å². The molecule has 23 heavy (non-hydrogen) atoms. The molecule has 2 aliphatic heterocycles. The van der Waals surface area contributed by atoms with Crippen molar-refractivity contribution >= 4 is 23.3 Å². The molecule has 1 aromatic carbocycles. The Balaban J connectivity index is 1.83. The van der Waals surface area contributed by atoms with Gasteiger partial charge in [-0.3, -0.25) is 0 Å². The molecular weight excluding hydrogens is 292 g/mol. The summed E-state index contributed by atoms with van der Waals surface area (Å²) in [6.45, 7) is 7.39. The Hall–Kier alpha value is -2.30. The maximum atomic E-state index is 11.8. The number of aliphatic imine (C=N–C) groups is 1. The lowest BCUT2D eigenvalue weighted by Gasteiger charge is -2.19. The van der Waals surface area contributed by atoms with Crippen LogP contribution in [-0.2, 0) is 9.47 Å². The number of nitrogens with zero attached hydrogens (tertiary/aromatic N) is 2. The highest BCUT2D eigenvalue weighted by molar-refractivity contribution is 6.27.